The molecule has 0 fully saturated rings. The van der Waals surface area contributed by atoms with E-state index in [1.165, 1.54) is 11.8 Å². The van der Waals surface area contributed by atoms with Gasteiger partial charge >= 0.3 is 5.97 Å². The van der Waals surface area contributed by atoms with E-state index in [0.717, 1.165) is 4.90 Å². The summed E-state index contributed by atoms with van der Waals surface area (Å²) < 4.78 is 5.15. The van der Waals surface area contributed by atoms with Gasteiger partial charge in [-0.25, -0.2) is 0 Å². The first-order chi connectivity index (χ1) is 10.0. The number of ether oxygens (including phenoxy) is 1. The predicted molar refractivity (Wildman–Crippen MR) is 80.2 cm³/mol. The van der Waals surface area contributed by atoms with Crippen molar-refractivity contribution in [3.8, 4) is 0 Å². The number of hydrogen-bond donors (Lipinski definition) is 2. The van der Waals surface area contributed by atoms with Crippen LogP contribution in [-0.4, -0.2) is 26.2 Å². The molecule has 0 spiro atoms. The summed E-state index contributed by atoms with van der Waals surface area (Å²) in [6.45, 7) is 1.69. The van der Waals surface area contributed by atoms with Crippen molar-refractivity contribution in [1.29, 1.82) is 0 Å². The average molecular weight is 305 g/mol. The van der Waals surface area contributed by atoms with Crippen molar-refractivity contribution >= 4 is 29.6 Å². The highest BCUT2D eigenvalue weighted by atomic mass is 32.2. The summed E-state index contributed by atoms with van der Waals surface area (Å²) >= 11 is 1.42. The van der Waals surface area contributed by atoms with Gasteiger partial charge in [-0.05, 0) is 19.1 Å². The molecule has 0 radical (unpaired) electrons. The van der Waals surface area contributed by atoms with Crippen molar-refractivity contribution < 1.29 is 9.53 Å². The van der Waals surface area contributed by atoms with E-state index in [9.17, 15) is 4.79 Å². The molecular formula is C13H15N5O2S. The minimum Gasteiger partial charge on any atom is -0.457 e. The molecular weight excluding hydrogens is 290 g/mol. The zero-order chi connectivity index (χ0) is 15.2. The van der Waals surface area contributed by atoms with Gasteiger partial charge < -0.3 is 16.2 Å². The van der Waals surface area contributed by atoms with Gasteiger partial charge in [0.05, 0.1) is 0 Å². The molecule has 0 aliphatic rings. The van der Waals surface area contributed by atoms with Crippen LogP contribution < -0.4 is 11.5 Å². The number of aromatic nitrogens is 3. The molecule has 0 aliphatic carbocycles. The van der Waals surface area contributed by atoms with Gasteiger partial charge in [0.1, 0.15) is 5.25 Å². The first-order valence-corrected chi connectivity index (χ1v) is 7.07. The number of thioether (sulfide) groups is 1. The lowest BCUT2D eigenvalue weighted by Gasteiger charge is -2.10. The molecule has 2 aromatic rings. The molecule has 110 valence electrons. The quantitative estimate of drug-likeness (QED) is 0.626. The molecule has 1 aromatic heterocycles. The molecule has 1 atom stereocenters. The van der Waals surface area contributed by atoms with Crippen LogP contribution in [0.5, 0.6) is 0 Å². The van der Waals surface area contributed by atoms with E-state index in [2.05, 4.69) is 15.0 Å². The maximum atomic E-state index is 11.9. The molecule has 0 unspecified atom stereocenters. The number of carbonyl (C=O) groups excluding carboxylic acids is 1. The van der Waals surface area contributed by atoms with Crippen molar-refractivity contribution in [3.05, 3.63) is 36.2 Å². The Morgan fingerprint density at radius 3 is 2.43 bits per heavy atom. The molecule has 21 heavy (non-hydrogen) atoms. The number of rotatable bonds is 5. The molecule has 0 saturated heterocycles. The van der Waals surface area contributed by atoms with E-state index in [-0.39, 0.29) is 35.5 Å². The number of nitrogen functional groups attached to an aromatic ring is 2. The lowest BCUT2D eigenvalue weighted by atomic mass is 10.4. The van der Waals surface area contributed by atoms with Gasteiger partial charge in [-0.3, -0.25) is 4.79 Å². The fraction of sp³-hybridized carbons (Fsp3) is 0.231. The summed E-state index contributed by atoms with van der Waals surface area (Å²) in [5.41, 5.74) is 10.9. The standard InChI is InChI=1S/C13H15N5O2S/c1-8(21-9-5-3-2-4-6-9)11(19)20-7-10-16-12(14)18-13(15)17-10/h2-6,8H,7H2,1H3,(H4,14,15,16,17,18)/t8-/m0/s1. The van der Waals surface area contributed by atoms with Crippen LogP contribution in [0.25, 0.3) is 0 Å². The minimum atomic E-state index is -0.360. The van der Waals surface area contributed by atoms with E-state index < -0.39 is 0 Å². The highest BCUT2D eigenvalue weighted by Crippen LogP contribution is 2.23. The Balaban J connectivity index is 1.89. The first-order valence-electron chi connectivity index (χ1n) is 6.19. The summed E-state index contributed by atoms with van der Waals surface area (Å²) in [4.78, 5) is 24.2. The number of esters is 1. The second kappa shape index (κ2) is 6.89. The molecule has 0 amide bonds. The molecule has 2 rings (SSSR count). The maximum absolute atomic E-state index is 11.9. The minimum absolute atomic E-state index is 0.000239. The van der Waals surface area contributed by atoms with Gasteiger partial charge in [-0.15, -0.1) is 11.8 Å². The summed E-state index contributed by atoms with van der Waals surface area (Å²) in [5, 5.41) is -0.344. The smallest absolute Gasteiger partial charge is 0.319 e. The number of nitrogens with two attached hydrogens (primary N) is 2. The number of hydrogen-bond acceptors (Lipinski definition) is 8. The normalized spacial score (nSPS) is 11.9. The molecule has 0 saturated carbocycles. The second-order valence-electron chi connectivity index (χ2n) is 4.15. The number of carbonyl (C=O) groups is 1. The van der Waals surface area contributed by atoms with Gasteiger partial charge in [0.25, 0.3) is 0 Å². The Hall–Kier alpha value is -2.35. The third kappa shape index (κ3) is 4.60. The van der Waals surface area contributed by atoms with Crippen LogP contribution in [0, 0.1) is 0 Å². The van der Waals surface area contributed by atoms with Crippen molar-refractivity contribution in [2.24, 2.45) is 0 Å². The third-order valence-corrected chi connectivity index (χ3v) is 3.54. The summed E-state index contributed by atoms with van der Waals surface area (Å²) in [6, 6.07) is 9.61. The summed E-state index contributed by atoms with van der Waals surface area (Å²) in [5.74, 6) is -0.132. The van der Waals surface area contributed by atoms with Gasteiger partial charge in [-0.2, -0.15) is 15.0 Å². The van der Waals surface area contributed by atoms with Crippen molar-refractivity contribution in [2.75, 3.05) is 11.5 Å². The Labute approximate surface area is 126 Å². The molecule has 8 heteroatoms. The van der Waals surface area contributed by atoms with E-state index in [1.807, 2.05) is 30.3 Å². The monoisotopic (exact) mass is 305 g/mol. The fourth-order valence-corrected chi connectivity index (χ4v) is 2.41. The van der Waals surface area contributed by atoms with E-state index in [0.29, 0.717) is 0 Å². The predicted octanol–water partition coefficient (Wildman–Crippen LogP) is 1.26. The van der Waals surface area contributed by atoms with Crippen LogP contribution in [0.2, 0.25) is 0 Å². The molecule has 0 bridgehead atoms. The van der Waals surface area contributed by atoms with Crippen LogP contribution in [0.15, 0.2) is 35.2 Å². The molecule has 7 nitrogen and oxygen atoms in total. The zero-order valence-electron chi connectivity index (χ0n) is 11.4. The van der Waals surface area contributed by atoms with Gasteiger partial charge in [-0.1, -0.05) is 18.2 Å². The SMILES string of the molecule is C[C@H](Sc1ccccc1)C(=O)OCc1nc(N)nc(N)n1. The van der Waals surface area contributed by atoms with E-state index in [4.69, 9.17) is 16.2 Å². The maximum Gasteiger partial charge on any atom is 0.319 e. The summed E-state index contributed by atoms with van der Waals surface area (Å²) in [7, 11) is 0. The van der Waals surface area contributed by atoms with Crippen LogP contribution >= 0.6 is 11.8 Å². The van der Waals surface area contributed by atoms with Gasteiger partial charge in [0.15, 0.2) is 12.4 Å². The molecule has 1 heterocycles. The summed E-state index contributed by atoms with van der Waals surface area (Å²) in [6.07, 6.45) is 0. The number of anilines is 2. The van der Waals surface area contributed by atoms with Crippen LogP contribution in [-0.2, 0) is 16.1 Å². The molecule has 1 aromatic carbocycles. The van der Waals surface area contributed by atoms with E-state index >= 15 is 0 Å². The average Bonchev–Trinajstić information content (AvgIpc) is 2.44. The number of benzene rings is 1. The van der Waals surface area contributed by atoms with Crippen LogP contribution in [0.3, 0.4) is 0 Å². The van der Waals surface area contributed by atoms with Crippen molar-refractivity contribution in [1.82, 2.24) is 15.0 Å². The topological polar surface area (TPSA) is 117 Å². The highest BCUT2D eigenvalue weighted by molar-refractivity contribution is 8.00. The second-order valence-corrected chi connectivity index (χ2v) is 5.56. The molecule has 4 N–H and O–H groups in total. The largest absolute Gasteiger partial charge is 0.457 e. The van der Waals surface area contributed by atoms with Gasteiger partial charge in [0.2, 0.25) is 11.9 Å². The first kappa shape index (κ1) is 15.0. The van der Waals surface area contributed by atoms with Crippen molar-refractivity contribution in [2.45, 2.75) is 23.7 Å². The highest BCUT2D eigenvalue weighted by Gasteiger charge is 2.16. The Morgan fingerprint density at radius 2 is 1.81 bits per heavy atom. The lowest BCUT2D eigenvalue weighted by Crippen LogP contribution is -2.18. The Kier molecular flexibility index (Phi) is 4.94. The number of nitrogens with zero attached hydrogens (tertiary/aromatic N) is 3. The van der Waals surface area contributed by atoms with Crippen LogP contribution in [0.4, 0.5) is 11.9 Å². The van der Waals surface area contributed by atoms with Gasteiger partial charge in [0, 0.05) is 4.90 Å². The zero-order valence-corrected chi connectivity index (χ0v) is 12.2. The van der Waals surface area contributed by atoms with Crippen LogP contribution in [0.1, 0.15) is 12.7 Å². The Morgan fingerprint density at radius 1 is 1.19 bits per heavy atom. The lowest BCUT2D eigenvalue weighted by molar-refractivity contribution is -0.144. The molecule has 0 aliphatic heterocycles. The van der Waals surface area contributed by atoms with E-state index in [1.54, 1.807) is 6.92 Å². The third-order valence-electron chi connectivity index (χ3n) is 2.45. The fourth-order valence-electron chi connectivity index (χ4n) is 1.53. The van der Waals surface area contributed by atoms with Crippen molar-refractivity contribution in [3.63, 3.8) is 0 Å². The Bertz CT molecular complexity index is 603.